The first-order valence-corrected chi connectivity index (χ1v) is 9.63. The quantitative estimate of drug-likeness (QED) is 0.718. The molecular formula is C19H24N6O2. The Hall–Kier alpha value is -2.77. The Balaban J connectivity index is 1.29. The summed E-state index contributed by atoms with van der Waals surface area (Å²) < 4.78 is 7.02. The highest BCUT2D eigenvalue weighted by Gasteiger charge is 2.25. The second-order valence-corrected chi connectivity index (χ2v) is 7.20. The van der Waals surface area contributed by atoms with Crippen molar-refractivity contribution in [1.82, 2.24) is 30.1 Å². The Kier molecular flexibility index (Phi) is 5.13. The van der Waals surface area contributed by atoms with E-state index < -0.39 is 0 Å². The second-order valence-electron chi connectivity index (χ2n) is 7.20. The van der Waals surface area contributed by atoms with Gasteiger partial charge in [0.25, 0.3) is 11.7 Å². The molecule has 0 unspecified atom stereocenters. The van der Waals surface area contributed by atoms with Gasteiger partial charge in [0.1, 0.15) is 12.1 Å². The third-order valence-corrected chi connectivity index (χ3v) is 5.31. The molecular weight excluding hydrogens is 344 g/mol. The number of nitrogens with one attached hydrogen (secondary N) is 1. The normalized spacial score (nSPS) is 20.0. The fraction of sp³-hybridized carbons (Fsp3) is 0.526. The molecule has 1 aliphatic carbocycles. The van der Waals surface area contributed by atoms with Crippen LogP contribution in [0.25, 0.3) is 5.78 Å². The number of hydrogen-bond donors (Lipinski definition) is 1. The van der Waals surface area contributed by atoms with Crippen LogP contribution in [0.4, 0.5) is 0 Å². The van der Waals surface area contributed by atoms with E-state index in [0.29, 0.717) is 29.9 Å². The molecule has 1 amide bonds. The Bertz CT molecular complexity index is 910. The zero-order valence-corrected chi connectivity index (χ0v) is 15.5. The van der Waals surface area contributed by atoms with Crippen LogP contribution in [0.1, 0.15) is 66.9 Å². The van der Waals surface area contributed by atoms with Crippen LogP contribution in [0.2, 0.25) is 0 Å². The van der Waals surface area contributed by atoms with Gasteiger partial charge < -0.3 is 9.84 Å². The lowest BCUT2D eigenvalue weighted by molar-refractivity contribution is 0.0933. The van der Waals surface area contributed by atoms with E-state index in [4.69, 9.17) is 4.52 Å². The van der Waals surface area contributed by atoms with Gasteiger partial charge in [-0.2, -0.15) is 10.1 Å². The maximum absolute atomic E-state index is 12.2. The average Bonchev–Trinajstić information content (AvgIpc) is 3.36. The van der Waals surface area contributed by atoms with Crippen molar-refractivity contribution < 1.29 is 9.32 Å². The second kappa shape index (κ2) is 7.85. The molecule has 1 N–H and O–H groups in total. The van der Waals surface area contributed by atoms with Gasteiger partial charge in [0.2, 0.25) is 0 Å². The maximum Gasteiger partial charge on any atom is 0.273 e. The highest BCUT2D eigenvalue weighted by atomic mass is 16.5. The van der Waals surface area contributed by atoms with Crippen LogP contribution in [0.15, 0.2) is 29.2 Å². The molecule has 0 aliphatic heterocycles. The van der Waals surface area contributed by atoms with Crippen LogP contribution in [-0.2, 0) is 6.42 Å². The Labute approximate surface area is 157 Å². The number of rotatable bonds is 6. The monoisotopic (exact) mass is 368 g/mol. The fourth-order valence-corrected chi connectivity index (χ4v) is 3.84. The van der Waals surface area contributed by atoms with E-state index >= 15 is 0 Å². The predicted molar refractivity (Wildman–Crippen MR) is 98.3 cm³/mol. The van der Waals surface area contributed by atoms with E-state index in [-0.39, 0.29) is 5.91 Å². The molecule has 1 aliphatic rings. The van der Waals surface area contributed by atoms with Gasteiger partial charge in [-0.05, 0) is 44.1 Å². The van der Waals surface area contributed by atoms with E-state index in [9.17, 15) is 4.79 Å². The number of aryl methyl sites for hydroxylation is 1. The third-order valence-electron chi connectivity index (χ3n) is 5.31. The van der Waals surface area contributed by atoms with Crippen LogP contribution in [0.5, 0.6) is 0 Å². The highest BCUT2D eigenvalue weighted by molar-refractivity contribution is 5.92. The molecule has 142 valence electrons. The first kappa shape index (κ1) is 17.6. The summed E-state index contributed by atoms with van der Waals surface area (Å²) in [4.78, 5) is 20.6. The van der Waals surface area contributed by atoms with Gasteiger partial charge in [-0.1, -0.05) is 12.1 Å². The standard InChI is InChI=1S/C19H24N6O2/c1-2-3-15-10-16(24-27-15)18(26)21-11-13-4-6-14(7-5-13)17-8-9-20-19-22-12-23-25(17)19/h8-10,12-14H,2-7,11H2,1H3,(H,21,26). The molecule has 0 aromatic carbocycles. The minimum atomic E-state index is -0.151. The van der Waals surface area contributed by atoms with Gasteiger partial charge in [-0.15, -0.1) is 0 Å². The molecule has 3 aromatic heterocycles. The van der Waals surface area contributed by atoms with Crippen LogP contribution in [0, 0.1) is 5.92 Å². The van der Waals surface area contributed by atoms with Crippen molar-refractivity contribution in [2.45, 2.75) is 51.4 Å². The van der Waals surface area contributed by atoms with Gasteiger partial charge in [0.05, 0.1) is 5.69 Å². The summed E-state index contributed by atoms with van der Waals surface area (Å²) in [6.45, 7) is 2.75. The number of nitrogens with zero attached hydrogens (tertiary/aromatic N) is 5. The van der Waals surface area contributed by atoms with Crippen molar-refractivity contribution in [2.24, 2.45) is 5.92 Å². The van der Waals surface area contributed by atoms with Crippen LogP contribution >= 0.6 is 0 Å². The van der Waals surface area contributed by atoms with Crippen molar-refractivity contribution in [3.05, 3.63) is 41.8 Å². The molecule has 0 atom stereocenters. The van der Waals surface area contributed by atoms with Crippen molar-refractivity contribution in [2.75, 3.05) is 6.54 Å². The van der Waals surface area contributed by atoms with Gasteiger partial charge in [0.15, 0.2) is 5.69 Å². The summed E-state index contributed by atoms with van der Waals surface area (Å²) in [5.74, 6) is 2.20. The molecule has 27 heavy (non-hydrogen) atoms. The minimum absolute atomic E-state index is 0.151. The van der Waals surface area contributed by atoms with Crippen molar-refractivity contribution in [1.29, 1.82) is 0 Å². The number of hydrogen-bond acceptors (Lipinski definition) is 6. The van der Waals surface area contributed by atoms with Gasteiger partial charge in [-0.25, -0.2) is 9.50 Å². The van der Waals surface area contributed by atoms with Crippen molar-refractivity contribution >= 4 is 11.7 Å². The Morgan fingerprint density at radius 1 is 1.30 bits per heavy atom. The van der Waals surface area contributed by atoms with E-state index in [1.54, 1.807) is 18.6 Å². The smallest absolute Gasteiger partial charge is 0.273 e. The SMILES string of the molecule is CCCc1cc(C(=O)NCC2CCC(c3ccnc4ncnn34)CC2)no1. The summed E-state index contributed by atoms with van der Waals surface area (Å²) >= 11 is 0. The van der Waals surface area contributed by atoms with Crippen LogP contribution in [0.3, 0.4) is 0 Å². The number of aromatic nitrogens is 5. The van der Waals surface area contributed by atoms with E-state index in [2.05, 4.69) is 32.5 Å². The third kappa shape index (κ3) is 3.84. The molecule has 1 saturated carbocycles. The summed E-state index contributed by atoms with van der Waals surface area (Å²) in [7, 11) is 0. The summed E-state index contributed by atoms with van der Waals surface area (Å²) in [5, 5.41) is 11.2. The molecule has 0 radical (unpaired) electrons. The molecule has 3 aromatic rings. The first-order chi connectivity index (χ1) is 13.2. The zero-order valence-electron chi connectivity index (χ0n) is 15.5. The molecule has 0 spiro atoms. The maximum atomic E-state index is 12.2. The largest absolute Gasteiger partial charge is 0.361 e. The van der Waals surface area contributed by atoms with Gasteiger partial charge >= 0.3 is 0 Å². The summed E-state index contributed by atoms with van der Waals surface area (Å²) in [6, 6.07) is 3.77. The topological polar surface area (TPSA) is 98.2 Å². The number of amides is 1. The van der Waals surface area contributed by atoms with Crippen LogP contribution in [-0.4, -0.2) is 37.2 Å². The Morgan fingerprint density at radius 2 is 2.15 bits per heavy atom. The number of fused-ring (bicyclic) bond motifs is 1. The van der Waals surface area contributed by atoms with E-state index in [1.807, 2.05) is 10.6 Å². The van der Waals surface area contributed by atoms with E-state index in [0.717, 1.165) is 44.3 Å². The molecule has 8 heteroatoms. The summed E-state index contributed by atoms with van der Waals surface area (Å²) in [6.07, 6.45) is 9.41. The lowest BCUT2D eigenvalue weighted by Gasteiger charge is -2.28. The van der Waals surface area contributed by atoms with Crippen LogP contribution < -0.4 is 5.32 Å². The van der Waals surface area contributed by atoms with Gasteiger partial charge in [0, 0.05) is 31.1 Å². The minimum Gasteiger partial charge on any atom is -0.361 e. The number of carbonyl (C=O) groups is 1. The van der Waals surface area contributed by atoms with E-state index in [1.165, 1.54) is 5.69 Å². The predicted octanol–water partition coefficient (Wildman–Crippen LogP) is 2.77. The fourth-order valence-electron chi connectivity index (χ4n) is 3.84. The average molecular weight is 368 g/mol. The molecule has 4 rings (SSSR count). The van der Waals surface area contributed by atoms with Crippen molar-refractivity contribution in [3.63, 3.8) is 0 Å². The molecule has 3 heterocycles. The molecule has 0 bridgehead atoms. The Morgan fingerprint density at radius 3 is 2.96 bits per heavy atom. The number of carbonyl (C=O) groups excluding carboxylic acids is 1. The lowest BCUT2D eigenvalue weighted by Crippen LogP contribution is -2.31. The lowest BCUT2D eigenvalue weighted by atomic mass is 9.80. The summed E-state index contributed by atoms with van der Waals surface area (Å²) in [5.41, 5.74) is 1.54. The molecule has 8 nitrogen and oxygen atoms in total. The van der Waals surface area contributed by atoms with Gasteiger partial charge in [-0.3, -0.25) is 4.79 Å². The van der Waals surface area contributed by atoms with Crippen molar-refractivity contribution in [3.8, 4) is 0 Å². The first-order valence-electron chi connectivity index (χ1n) is 9.63. The molecule has 1 fully saturated rings. The molecule has 0 saturated heterocycles. The highest BCUT2D eigenvalue weighted by Crippen LogP contribution is 2.35. The zero-order chi connectivity index (χ0) is 18.6.